The van der Waals surface area contributed by atoms with E-state index in [1.165, 1.54) is 0 Å². The molecular formula is C18H15Cl2NO. The molecule has 0 unspecified atom stereocenters. The average molecular weight is 332 g/mol. The molecule has 4 heteroatoms. The van der Waals surface area contributed by atoms with Crippen LogP contribution in [-0.2, 0) is 13.0 Å². The van der Waals surface area contributed by atoms with Gasteiger partial charge in [0.15, 0.2) is 0 Å². The molecule has 0 bridgehead atoms. The smallest absolute Gasteiger partial charge is 0.254 e. The number of amides is 1. The van der Waals surface area contributed by atoms with Crippen LogP contribution in [0.3, 0.4) is 0 Å². The van der Waals surface area contributed by atoms with E-state index in [4.69, 9.17) is 23.2 Å². The Balaban J connectivity index is 1.87. The normalized spacial score (nSPS) is 13.9. The van der Waals surface area contributed by atoms with Gasteiger partial charge in [-0.3, -0.25) is 4.79 Å². The van der Waals surface area contributed by atoms with Crippen LogP contribution in [0.2, 0.25) is 10.0 Å². The van der Waals surface area contributed by atoms with Gasteiger partial charge in [0.05, 0.1) is 0 Å². The molecule has 1 aliphatic heterocycles. The SMILES string of the molecule is C=Cc1ccc2c(c1)C(=O)N(Cc1cc(Cl)cc(Cl)c1)CC2. The van der Waals surface area contributed by atoms with Gasteiger partial charge in [0.25, 0.3) is 5.91 Å². The van der Waals surface area contributed by atoms with Crippen molar-refractivity contribution in [3.63, 3.8) is 0 Å². The van der Waals surface area contributed by atoms with Gasteiger partial charge in [-0.2, -0.15) is 0 Å². The first-order valence-electron chi connectivity index (χ1n) is 7.06. The first-order chi connectivity index (χ1) is 10.6. The van der Waals surface area contributed by atoms with Crippen molar-refractivity contribution < 1.29 is 4.79 Å². The van der Waals surface area contributed by atoms with Crippen LogP contribution >= 0.6 is 23.2 Å². The molecule has 22 heavy (non-hydrogen) atoms. The average Bonchev–Trinajstić information content (AvgIpc) is 2.49. The Morgan fingerprint density at radius 1 is 1.14 bits per heavy atom. The molecule has 3 rings (SSSR count). The van der Waals surface area contributed by atoms with Crippen LogP contribution < -0.4 is 0 Å². The van der Waals surface area contributed by atoms with Gasteiger partial charge < -0.3 is 4.90 Å². The molecule has 0 aromatic heterocycles. The fourth-order valence-electron chi connectivity index (χ4n) is 2.74. The molecule has 0 N–H and O–H groups in total. The van der Waals surface area contributed by atoms with Gasteiger partial charge in [-0.1, -0.05) is 48.0 Å². The number of rotatable bonds is 3. The predicted molar refractivity (Wildman–Crippen MR) is 91.4 cm³/mol. The van der Waals surface area contributed by atoms with Crippen LogP contribution in [0.5, 0.6) is 0 Å². The fraction of sp³-hybridized carbons (Fsp3) is 0.167. The lowest BCUT2D eigenvalue weighted by Crippen LogP contribution is -2.37. The van der Waals surface area contributed by atoms with E-state index in [0.717, 1.165) is 28.7 Å². The maximum absolute atomic E-state index is 12.7. The molecule has 1 amide bonds. The Kier molecular flexibility index (Phi) is 4.23. The molecule has 1 aliphatic rings. The largest absolute Gasteiger partial charge is 0.334 e. The van der Waals surface area contributed by atoms with Crippen molar-refractivity contribution in [2.24, 2.45) is 0 Å². The summed E-state index contributed by atoms with van der Waals surface area (Å²) in [6, 6.07) is 11.3. The zero-order valence-electron chi connectivity index (χ0n) is 12.0. The zero-order chi connectivity index (χ0) is 15.7. The second kappa shape index (κ2) is 6.15. The number of halogens is 2. The summed E-state index contributed by atoms with van der Waals surface area (Å²) in [6.45, 7) is 4.97. The molecule has 0 fully saturated rings. The molecule has 0 saturated heterocycles. The van der Waals surface area contributed by atoms with Crippen molar-refractivity contribution in [2.75, 3.05) is 6.54 Å². The lowest BCUT2D eigenvalue weighted by molar-refractivity contribution is 0.0727. The molecule has 0 radical (unpaired) electrons. The van der Waals surface area contributed by atoms with Crippen LogP contribution in [0.1, 0.15) is 27.0 Å². The van der Waals surface area contributed by atoms with Gasteiger partial charge >= 0.3 is 0 Å². The maximum atomic E-state index is 12.7. The molecule has 0 saturated carbocycles. The number of nitrogens with zero attached hydrogens (tertiary/aromatic N) is 1. The van der Waals surface area contributed by atoms with Crippen molar-refractivity contribution in [3.8, 4) is 0 Å². The van der Waals surface area contributed by atoms with Gasteiger partial charge in [-0.05, 0) is 47.4 Å². The summed E-state index contributed by atoms with van der Waals surface area (Å²) in [6.07, 6.45) is 2.61. The van der Waals surface area contributed by atoms with E-state index in [9.17, 15) is 4.79 Å². The number of hydrogen-bond donors (Lipinski definition) is 0. The third-order valence-corrected chi connectivity index (χ3v) is 4.27. The highest BCUT2D eigenvalue weighted by Crippen LogP contribution is 2.24. The molecule has 1 heterocycles. The van der Waals surface area contributed by atoms with Crippen LogP contribution in [0.4, 0.5) is 0 Å². The highest BCUT2D eigenvalue weighted by Gasteiger charge is 2.24. The summed E-state index contributed by atoms with van der Waals surface area (Å²) >= 11 is 12.1. The minimum absolute atomic E-state index is 0.0426. The summed E-state index contributed by atoms with van der Waals surface area (Å²) in [5, 5.41) is 1.17. The summed E-state index contributed by atoms with van der Waals surface area (Å²) in [7, 11) is 0. The minimum Gasteiger partial charge on any atom is -0.334 e. The Morgan fingerprint density at radius 2 is 1.86 bits per heavy atom. The summed E-state index contributed by atoms with van der Waals surface area (Å²) in [4.78, 5) is 14.5. The van der Waals surface area contributed by atoms with E-state index in [-0.39, 0.29) is 5.91 Å². The van der Waals surface area contributed by atoms with Crippen molar-refractivity contribution in [1.29, 1.82) is 0 Å². The van der Waals surface area contributed by atoms with Crippen LogP contribution in [-0.4, -0.2) is 17.4 Å². The Labute approximate surface area is 140 Å². The topological polar surface area (TPSA) is 20.3 Å². The third kappa shape index (κ3) is 3.03. The van der Waals surface area contributed by atoms with Gasteiger partial charge in [-0.15, -0.1) is 0 Å². The quantitative estimate of drug-likeness (QED) is 0.788. The van der Waals surface area contributed by atoms with Crippen molar-refractivity contribution in [3.05, 3.63) is 75.3 Å². The van der Waals surface area contributed by atoms with E-state index in [0.29, 0.717) is 23.1 Å². The highest BCUT2D eigenvalue weighted by molar-refractivity contribution is 6.34. The van der Waals surface area contributed by atoms with Crippen LogP contribution in [0.15, 0.2) is 43.0 Å². The summed E-state index contributed by atoms with van der Waals surface area (Å²) in [5.41, 5.74) is 3.75. The van der Waals surface area contributed by atoms with Gasteiger partial charge in [0.2, 0.25) is 0 Å². The molecule has 0 spiro atoms. The highest BCUT2D eigenvalue weighted by atomic mass is 35.5. The first kappa shape index (κ1) is 15.1. The Hall–Kier alpha value is -1.77. The van der Waals surface area contributed by atoms with E-state index in [2.05, 4.69) is 6.58 Å². The summed E-state index contributed by atoms with van der Waals surface area (Å²) in [5.74, 6) is 0.0426. The van der Waals surface area contributed by atoms with E-state index in [1.807, 2.05) is 35.2 Å². The third-order valence-electron chi connectivity index (χ3n) is 3.83. The second-order valence-corrected chi connectivity index (χ2v) is 6.25. The zero-order valence-corrected chi connectivity index (χ0v) is 13.5. The Bertz CT molecular complexity index is 734. The van der Waals surface area contributed by atoms with Crippen molar-refractivity contribution >= 4 is 35.2 Å². The molecular weight excluding hydrogens is 317 g/mol. The van der Waals surface area contributed by atoms with Gasteiger partial charge in [-0.25, -0.2) is 0 Å². The monoisotopic (exact) mass is 331 g/mol. The van der Waals surface area contributed by atoms with E-state index in [1.54, 1.807) is 12.1 Å². The number of benzene rings is 2. The maximum Gasteiger partial charge on any atom is 0.254 e. The lowest BCUT2D eigenvalue weighted by atomic mass is 9.96. The molecule has 2 aromatic carbocycles. The standard InChI is InChI=1S/C18H15Cl2NO/c1-2-12-3-4-14-5-6-21(18(22)17(14)9-12)11-13-7-15(19)10-16(20)8-13/h2-4,7-10H,1,5-6,11H2. The molecule has 2 aromatic rings. The fourth-order valence-corrected chi connectivity index (χ4v) is 3.31. The van der Waals surface area contributed by atoms with Crippen molar-refractivity contribution in [1.82, 2.24) is 4.90 Å². The molecule has 0 aliphatic carbocycles. The van der Waals surface area contributed by atoms with Gasteiger partial charge in [0, 0.05) is 28.7 Å². The first-order valence-corrected chi connectivity index (χ1v) is 7.82. The number of carbonyl (C=O) groups is 1. The molecule has 0 atom stereocenters. The van der Waals surface area contributed by atoms with E-state index >= 15 is 0 Å². The number of fused-ring (bicyclic) bond motifs is 1. The Morgan fingerprint density at radius 3 is 2.55 bits per heavy atom. The van der Waals surface area contributed by atoms with E-state index < -0.39 is 0 Å². The minimum atomic E-state index is 0.0426. The molecule has 112 valence electrons. The number of hydrogen-bond acceptors (Lipinski definition) is 1. The second-order valence-electron chi connectivity index (χ2n) is 5.38. The van der Waals surface area contributed by atoms with Gasteiger partial charge in [0.1, 0.15) is 0 Å². The van der Waals surface area contributed by atoms with Crippen LogP contribution in [0, 0.1) is 0 Å². The molecule has 2 nitrogen and oxygen atoms in total. The summed E-state index contributed by atoms with van der Waals surface area (Å²) < 4.78 is 0. The lowest BCUT2D eigenvalue weighted by Gasteiger charge is -2.29. The number of carbonyl (C=O) groups excluding carboxylic acids is 1. The van der Waals surface area contributed by atoms with Crippen molar-refractivity contribution in [2.45, 2.75) is 13.0 Å². The van der Waals surface area contributed by atoms with Crippen LogP contribution in [0.25, 0.3) is 6.08 Å². The predicted octanol–water partition coefficient (Wildman–Crippen LogP) is 4.83.